The number of esters is 1. The molecule has 0 bridgehead atoms. The number of hydrogen-bond donors (Lipinski definition) is 1. The molecule has 0 saturated carbocycles. The lowest BCUT2D eigenvalue weighted by Crippen LogP contribution is -2.39. The van der Waals surface area contributed by atoms with Gasteiger partial charge in [0.15, 0.2) is 4.80 Å². The van der Waals surface area contributed by atoms with E-state index in [0.717, 1.165) is 5.56 Å². The number of halogens is 1. The molecule has 1 N–H and O–H groups in total. The van der Waals surface area contributed by atoms with Crippen molar-refractivity contribution < 1.29 is 23.8 Å². The van der Waals surface area contributed by atoms with Gasteiger partial charge in [-0.1, -0.05) is 71.5 Å². The number of benzene rings is 3. The summed E-state index contributed by atoms with van der Waals surface area (Å²) in [6.45, 7) is 3.74. The SMILES string of the molecule is CCOC(=O)C1=C(c2ccccc2)N=c2sc(=Cc3ccc(-c4cc(C(=O)O)ccc4C)o3)c(=O)n2C1c1ccc(Cl)cc1. The number of nitrogens with zero attached hydrogens (tertiary/aromatic N) is 2. The quantitative estimate of drug-likeness (QED) is 0.227. The zero-order chi connectivity index (χ0) is 31.0. The Labute approximate surface area is 260 Å². The van der Waals surface area contributed by atoms with Crippen LogP contribution in [0, 0.1) is 6.92 Å². The molecule has 8 nitrogen and oxygen atoms in total. The second kappa shape index (κ2) is 11.9. The maximum atomic E-state index is 14.1. The van der Waals surface area contributed by atoms with E-state index in [1.54, 1.807) is 61.5 Å². The van der Waals surface area contributed by atoms with E-state index in [4.69, 9.17) is 25.7 Å². The third-order valence-corrected chi connectivity index (χ3v) is 8.44. The largest absolute Gasteiger partial charge is 0.478 e. The molecule has 220 valence electrons. The van der Waals surface area contributed by atoms with Gasteiger partial charge in [-0.25, -0.2) is 14.6 Å². The van der Waals surface area contributed by atoms with Gasteiger partial charge in [0.1, 0.15) is 11.5 Å². The monoisotopic (exact) mass is 624 g/mol. The zero-order valence-electron chi connectivity index (χ0n) is 23.6. The third kappa shape index (κ3) is 5.43. The number of carboxylic acids is 1. The molecular weight excluding hydrogens is 600 g/mol. The van der Waals surface area contributed by atoms with E-state index in [2.05, 4.69) is 0 Å². The first-order valence-corrected chi connectivity index (χ1v) is 14.9. The summed E-state index contributed by atoms with van der Waals surface area (Å²) >= 11 is 7.37. The second-order valence-electron chi connectivity index (χ2n) is 10.0. The van der Waals surface area contributed by atoms with E-state index in [0.29, 0.717) is 48.3 Å². The molecule has 0 radical (unpaired) electrons. The van der Waals surface area contributed by atoms with Crippen molar-refractivity contribution in [2.24, 2.45) is 4.99 Å². The molecule has 1 aliphatic rings. The lowest BCUT2D eigenvalue weighted by Gasteiger charge is -2.25. The highest BCUT2D eigenvalue weighted by Crippen LogP contribution is 2.35. The van der Waals surface area contributed by atoms with E-state index in [1.807, 2.05) is 37.3 Å². The Kier molecular flexibility index (Phi) is 7.90. The van der Waals surface area contributed by atoms with Crippen LogP contribution in [0.4, 0.5) is 0 Å². The summed E-state index contributed by atoms with van der Waals surface area (Å²) in [6.07, 6.45) is 1.62. The average molecular weight is 625 g/mol. The van der Waals surface area contributed by atoms with Crippen LogP contribution in [0.15, 0.2) is 105 Å². The van der Waals surface area contributed by atoms with Crippen molar-refractivity contribution in [1.29, 1.82) is 0 Å². The van der Waals surface area contributed by atoms with E-state index >= 15 is 0 Å². The highest BCUT2D eigenvalue weighted by atomic mass is 35.5. The number of hydrogen-bond acceptors (Lipinski definition) is 7. The van der Waals surface area contributed by atoms with Gasteiger partial charge in [0.2, 0.25) is 0 Å². The number of fused-ring (bicyclic) bond motifs is 1. The number of carboxylic acid groups (broad SMARTS) is 1. The average Bonchev–Trinajstić information content (AvgIpc) is 3.61. The molecule has 5 aromatic rings. The van der Waals surface area contributed by atoms with Crippen LogP contribution in [-0.4, -0.2) is 28.2 Å². The molecule has 0 saturated heterocycles. The highest BCUT2D eigenvalue weighted by Gasteiger charge is 2.35. The predicted octanol–water partition coefficient (Wildman–Crippen LogP) is 5.86. The Bertz CT molecular complexity index is 2120. The van der Waals surface area contributed by atoms with E-state index in [-0.39, 0.29) is 23.3 Å². The Morgan fingerprint density at radius 3 is 2.52 bits per heavy atom. The summed E-state index contributed by atoms with van der Waals surface area (Å²) in [5.74, 6) is -0.730. The molecule has 0 fully saturated rings. The summed E-state index contributed by atoms with van der Waals surface area (Å²) < 4.78 is 13.4. The standard InChI is InChI=1S/C34H25ClN2O6S/c1-3-42-33(41)28-29(20-7-5-4-6-8-20)36-34-37(30(28)21-11-13-23(35)14-12-21)31(38)27(44-34)18-24-15-16-26(43-24)25-17-22(32(39)40)10-9-19(25)2/h4-18,30H,3H2,1-2H3,(H,39,40). The number of thiazole rings is 1. The molecule has 2 aromatic heterocycles. The Morgan fingerprint density at radius 2 is 1.82 bits per heavy atom. The van der Waals surface area contributed by atoms with Crippen LogP contribution in [0.5, 0.6) is 0 Å². The molecule has 3 aromatic carbocycles. The minimum absolute atomic E-state index is 0.144. The molecule has 10 heteroatoms. The van der Waals surface area contributed by atoms with Crippen LogP contribution in [0.3, 0.4) is 0 Å². The van der Waals surface area contributed by atoms with Crippen LogP contribution >= 0.6 is 22.9 Å². The van der Waals surface area contributed by atoms with Crippen LogP contribution in [0.25, 0.3) is 23.1 Å². The maximum Gasteiger partial charge on any atom is 0.338 e. The number of rotatable bonds is 7. The predicted molar refractivity (Wildman–Crippen MR) is 168 cm³/mol. The lowest BCUT2D eigenvalue weighted by atomic mass is 9.93. The highest BCUT2D eigenvalue weighted by molar-refractivity contribution is 7.07. The van der Waals surface area contributed by atoms with Crippen molar-refractivity contribution in [3.05, 3.63) is 143 Å². The molecule has 0 amide bonds. The smallest absolute Gasteiger partial charge is 0.338 e. The van der Waals surface area contributed by atoms with Crippen LogP contribution in [0.1, 0.15) is 45.8 Å². The fourth-order valence-corrected chi connectivity index (χ4v) is 6.23. The van der Waals surface area contributed by atoms with Gasteiger partial charge in [-0.05, 0) is 61.4 Å². The third-order valence-electron chi connectivity index (χ3n) is 7.21. The molecule has 1 aliphatic heterocycles. The first kappa shape index (κ1) is 29.1. The number of aryl methyl sites for hydroxylation is 1. The number of carbonyl (C=O) groups is 2. The van der Waals surface area contributed by atoms with Gasteiger partial charge < -0.3 is 14.3 Å². The van der Waals surface area contributed by atoms with Crippen molar-refractivity contribution in [3.63, 3.8) is 0 Å². The topological polar surface area (TPSA) is 111 Å². The maximum absolute atomic E-state index is 14.1. The number of aromatic nitrogens is 1. The number of furan rings is 1. The van der Waals surface area contributed by atoms with Gasteiger partial charge in [0.05, 0.1) is 34.0 Å². The van der Waals surface area contributed by atoms with Crippen molar-refractivity contribution >= 4 is 46.6 Å². The van der Waals surface area contributed by atoms with E-state index < -0.39 is 18.0 Å². The summed E-state index contributed by atoms with van der Waals surface area (Å²) in [5, 5.41) is 9.95. The van der Waals surface area contributed by atoms with Crippen LogP contribution in [0.2, 0.25) is 5.02 Å². The van der Waals surface area contributed by atoms with Gasteiger partial charge in [-0.15, -0.1) is 0 Å². The Morgan fingerprint density at radius 1 is 1.07 bits per heavy atom. The van der Waals surface area contributed by atoms with Gasteiger partial charge in [0, 0.05) is 22.2 Å². The molecule has 44 heavy (non-hydrogen) atoms. The zero-order valence-corrected chi connectivity index (χ0v) is 25.2. The Hall–Kier alpha value is -4.99. The van der Waals surface area contributed by atoms with E-state index in [1.165, 1.54) is 22.0 Å². The first-order chi connectivity index (χ1) is 21.2. The second-order valence-corrected chi connectivity index (χ2v) is 11.5. The normalized spacial score (nSPS) is 14.7. The minimum atomic E-state index is -1.04. The Balaban J connectivity index is 1.54. The molecule has 0 spiro atoms. The van der Waals surface area contributed by atoms with Gasteiger partial charge >= 0.3 is 11.9 Å². The summed E-state index contributed by atoms with van der Waals surface area (Å²) in [7, 11) is 0. The number of aromatic carboxylic acids is 1. The molecule has 1 unspecified atom stereocenters. The van der Waals surface area contributed by atoms with Crippen LogP contribution in [-0.2, 0) is 9.53 Å². The fourth-order valence-electron chi connectivity index (χ4n) is 5.13. The van der Waals surface area contributed by atoms with E-state index in [9.17, 15) is 19.5 Å². The summed E-state index contributed by atoms with van der Waals surface area (Å²) in [4.78, 5) is 44.4. The van der Waals surface area contributed by atoms with Crippen molar-refractivity contribution in [2.45, 2.75) is 19.9 Å². The van der Waals surface area contributed by atoms with Crippen molar-refractivity contribution in [1.82, 2.24) is 4.57 Å². The fraction of sp³-hybridized carbons (Fsp3) is 0.118. The molecular formula is C34H25ClN2O6S. The van der Waals surface area contributed by atoms with Crippen LogP contribution < -0.4 is 14.9 Å². The minimum Gasteiger partial charge on any atom is -0.478 e. The number of ether oxygens (including phenoxy) is 1. The molecule has 0 aliphatic carbocycles. The first-order valence-electron chi connectivity index (χ1n) is 13.7. The number of carbonyl (C=O) groups excluding carboxylic acids is 1. The molecule has 1 atom stereocenters. The summed E-state index contributed by atoms with van der Waals surface area (Å²) in [5.41, 5.74) is 3.32. The van der Waals surface area contributed by atoms with Crippen molar-refractivity contribution in [3.8, 4) is 11.3 Å². The summed E-state index contributed by atoms with van der Waals surface area (Å²) in [6, 6.07) is 23.7. The van der Waals surface area contributed by atoms with Gasteiger partial charge in [0.25, 0.3) is 5.56 Å². The lowest BCUT2D eigenvalue weighted by molar-refractivity contribution is -0.138. The van der Waals surface area contributed by atoms with Gasteiger partial charge in [-0.2, -0.15) is 0 Å². The molecule has 3 heterocycles. The van der Waals surface area contributed by atoms with Gasteiger partial charge in [-0.3, -0.25) is 9.36 Å². The van der Waals surface area contributed by atoms with Crippen molar-refractivity contribution in [2.75, 3.05) is 6.61 Å². The molecule has 6 rings (SSSR count).